The maximum atomic E-state index is 6.73. The highest BCUT2D eigenvalue weighted by atomic mass is 16.3. The molecule has 0 aliphatic heterocycles. The minimum absolute atomic E-state index is 0.653. The third kappa shape index (κ3) is 6.45. The summed E-state index contributed by atoms with van der Waals surface area (Å²) in [6.07, 6.45) is 0. The molecule has 0 N–H and O–H groups in total. The summed E-state index contributed by atoms with van der Waals surface area (Å²) in [5, 5.41) is 4.54. The molecule has 2 heterocycles. The van der Waals surface area contributed by atoms with E-state index >= 15 is 0 Å². The van der Waals surface area contributed by atoms with E-state index in [1.54, 1.807) is 0 Å². The van der Waals surface area contributed by atoms with Crippen LogP contribution in [0.5, 0.6) is 0 Å². The summed E-state index contributed by atoms with van der Waals surface area (Å²) in [4.78, 5) is 10.6. The number of nitrogens with zero attached hydrogens (tertiary/aromatic N) is 2. The lowest BCUT2D eigenvalue weighted by Crippen LogP contribution is -1.97. The molecule has 0 aliphatic carbocycles. The Morgan fingerprint density at radius 3 is 1.34 bits per heavy atom. The van der Waals surface area contributed by atoms with Crippen molar-refractivity contribution >= 4 is 32.7 Å². The van der Waals surface area contributed by atoms with Crippen molar-refractivity contribution in [2.45, 2.75) is 0 Å². The van der Waals surface area contributed by atoms with E-state index in [2.05, 4.69) is 200 Å². The first-order valence-electron chi connectivity index (χ1n) is 20.0. The van der Waals surface area contributed by atoms with Crippen LogP contribution in [0.3, 0.4) is 0 Å². The molecule has 0 saturated heterocycles. The average Bonchev–Trinajstić information content (AvgIpc) is 3.72. The van der Waals surface area contributed by atoms with Crippen LogP contribution in [0.1, 0.15) is 0 Å². The maximum absolute atomic E-state index is 6.73. The maximum Gasteiger partial charge on any atom is 0.160 e. The molecule has 11 rings (SSSR count). The summed E-state index contributed by atoms with van der Waals surface area (Å²) in [6.45, 7) is 0. The molecule has 0 radical (unpaired) electrons. The van der Waals surface area contributed by atoms with Gasteiger partial charge in [0.25, 0.3) is 0 Å². The van der Waals surface area contributed by atoms with Crippen molar-refractivity contribution in [3.05, 3.63) is 218 Å². The standard InChI is InChI=1S/C56H36N2O/c1-5-16-37(17-6-1)42-30-43(38-18-7-2-8-19-38)32-45(31-42)46-33-44(39-20-9-3-10-21-39)34-47(35-46)51-36-52(58-56(57-51)41-23-11-4-12-24-41)49-26-15-27-50-54-48-25-14-13-22-40(48)28-29-53(54)59-55(49)50/h1-36H. The summed E-state index contributed by atoms with van der Waals surface area (Å²) in [5.74, 6) is 0.653. The van der Waals surface area contributed by atoms with Gasteiger partial charge in [0.2, 0.25) is 0 Å². The zero-order valence-electron chi connectivity index (χ0n) is 32.1. The second-order valence-electron chi connectivity index (χ2n) is 15.0. The molecule has 3 nitrogen and oxygen atoms in total. The molecule has 0 saturated carbocycles. The van der Waals surface area contributed by atoms with E-state index in [1.165, 1.54) is 21.9 Å². The van der Waals surface area contributed by atoms with E-state index in [0.29, 0.717) is 5.82 Å². The van der Waals surface area contributed by atoms with Crippen LogP contribution in [-0.4, -0.2) is 9.97 Å². The summed E-state index contributed by atoms with van der Waals surface area (Å²) < 4.78 is 6.73. The Morgan fingerprint density at radius 1 is 0.305 bits per heavy atom. The van der Waals surface area contributed by atoms with E-state index in [-0.39, 0.29) is 0 Å². The molecular weight excluding hydrogens is 717 g/mol. The van der Waals surface area contributed by atoms with Crippen molar-refractivity contribution in [1.82, 2.24) is 9.97 Å². The van der Waals surface area contributed by atoms with E-state index in [0.717, 1.165) is 83.4 Å². The van der Waals surface area contributed by atoms with Crippen LogP contribution in [0.4, 0.5) is 0 Å². The number of para-hydroxylation sites is 1. The van der Waals surface area contributed by atoms with Crippen molar-refractivity contribution in [3.63, 3.8) is 0 Å². The molecule has 59 heavy (non-hydrogen) atoms. The summed E-state index contributed by atoms with van der Waals surface area (Å²) in [5.41, 5.74) is 15.3. The minimum atomic E-state index is 0.653. The normalized spacial score (nSPS) is 11.4. The van der Waals surface area contributed by atoms with Gasteiger partial charge < -0.3 is 4.42 Å². The molecule has 276 valence electrons. The summed E-state index contributed by atoms with van der Waals surface area (Å²) in [6, 6.07) is 77.0. The predicted octanol–water partition coefficient (Wildman–Crippen LogP) is 15.2. The molecular formula is C56H36N2O. The molecule has 0 unspecified atom stereocenters. The second kappa shape index (κ2) is 14.6. The summed E-state index contributed by atoms with van der Waals surface area (Å²) in [7, 11) is 0. The topological polar surface area (TPSA) is 38.9 Å². The van der Waals surface area contributed by atoms with Gasteiger partial charge in [0.1, 0.15) is 11.2 Å². The van der Waals surface area contributed by atoms with Gasteiger partial charge in [-0.15, -0.1) is 0 Å². The van der Waals surface area contributed by atoms with Crippen molar-refractivity contribution in [3.8, 4) is 78.4 Å². The van der Waals surface area contributed by atoms with Gasteiger partial charge in [-0.05, 0) is 110 Å². The number of aromatic nitrogens is 2. The van der Waals surface area contributed by atoms with Crippen LogP contribution in [0.25, 0.3) is 111 Å². The van der Waals surface area contributed by atoms with Gasteiger partial charge in [0, 0.05) is 27.5 Å². The van der Waals surface area contributed by atoms with Gasteiger partial charge >= 0.3 is 0 Å². The molecule has 3 heteroatoms. The molecule has 0 atom stereocenters. The van der Waals surface area contributed by atoms with Crippen LogP contribution >= 0.6 is 0 Å². The Labute approximate surface area is 342 Å². The smallest absolute Gasteiger partial charge is 0.160 e. The van der Waals surface area contributed by atoms with Crippen LogP contribution < -0.4 is 0 Å². The third-order valence-corrected chi connectivity index (χ3v) is 11.2. The highest BCUT2D eigenvalue weighted by Crippen LogP contribution is 2.41. The van der Waals surface area contributed by atoms with Crippen molar-refractivity contribution in [2.24, 2.45) is 0 Å². The summed E-state index contributed by atoms with van der Waals surface area (Å²) >= 11 is 0. The van der Waals surface area contributed by atoms with E-state index < -0.39 is 0 Å². The van der Waals surface area contributed by atoms with Gasteiger partial charge in [0.05, 0.1) is 11.4 Å². The van der Waals surface area contributed by atoms with Crippen LogP contribution in [0, 0.1) is 0 Å². The minimum Gasteiger partial charge on any atom is -0.455 e. The zero-order valence-corrected chi connectivity index (χ0v) is 32.1. The lowest BCUT2D eigenvalue weighted by Gasteiger charge is -2.15. The van der Waals surface area contributed by atoms with Crippen molar-refractivity contribution < 1.29 is 4.42 Å². The Morgan fingerprint density at radius 2 is 0.763 bits per heavy atom. The van der Waals surface area contributed by atoms with Crippen LogP contribution in [-0.2, 0) is 0 Å². The fourth-order valence-corrected chi connectivity index (χ4v) is 8.35. The zero-order chi connectivity index (χ0) is 39.1. The number of fused-ring (bicyclic) bond motifs is 5. The van der Waals surface area contributed by atoms with E-state index in [1.807, 2.05) is 18.2 Å². The van der Waals surface area contributed by atoms with Crippen molar-refractivity contribution in [2.75, 3.05) is 0 Å². The Hall–Kier alpha value is -7.88. The highest BCUT2D eigenvalue weighted by molar-refractivity contribution is 6.20. The molecule has 0 aliphatic rings. The number of rotatable bonds is 7. The quantitative estimate of drug-likeness (QED) is 0.163. The number of benzene rings is 9. The van der Waals surface area contributed by atoms with E-state index in [4.69, 9.17) is 14.4 Å². The lowest BCUT2D eigenvalue weighted by molar-refractivity contribution is 0.670. The fourth-order valence-electron chi connectivity index (χ4n) is 8.35. The molecule has 0 spiro atoms. The Balaban J connectivity index is 1.15. The van der Waals surface area contributed by atoms with Crippen molar-refractivity contribution in [1.29, 1.82) is 0 Å². The first-order valence-corrected chi connectivity index (χ1v) is 20.0. The van der Waals surface area contributed by atoms with Gasteiger partial charge in [-0.3, -0.25) is 0 Å². The van der Waals surface area contributed by atoms with Gasteiger partial charge in [-0.1, -0.05) is 164 Å². The van der Waals surface area contributed by atoms with Gasteiger partial charge in [-0.25, -0.2) is 9.97 Å². The number of furan rings is 1. The highest BCUT2D eigenvalue weighted by Gasteiger charge is 2.19. The molecule has 0 bridgehead atoms. The predicted molar refractivity (Wildman–Crippen MR) is 245 cm³/mol. The largest absolute Gasteiger partial charge is 0.455 e. The first-order chi connectivity index (χ1) is 29.2. The Bertz CT molecular complexity index is 3240. The molecule has 11 aromatic rings. The number of hydrogen-bond donors (Lipinski definition) is 0. The van der Waals surface area contributed by atoms with Crippen LogP contribution in [0.15, 0.2) is 223 Å². The van der Waals surface area contributed by atoms with E-state index in [9.17, 15) is 0 Å². The molecule has 9 aromatic carbocycles. The van der Waals surface area contributed by atoms with Gasteiger partial charge in [0.15, 0.2) is 5.82 Å². The molecule has 2 aromatic heterocycles. The second-order valence-corrected chi connectivity index (χ2v) is 15.0. The fraction of sp³-hybridized carbons (Fsp3) is 0. The SMILES string of the molecule is c1ccc(-c2cc(-c3ccccc3)cc(-c3cc(-c4ccccc4)cc(-c4cc(-c5cccc6c5oc5ccc7ccccc7c56)nc(-c5ccccc5)n4)c3)c2)cc1. The first kappa shape index (κ1) is 34.4. The average molecular weight is 753 g/mol. The lowest BCUT2D eigenvalue weighted by atomic mass is 9.90. The molecule has 0 fully saturated rings. The van der Waals surface area contributed by atoms with Crippen LogP contribution in [0.2, 0.25) is 0 Å². The number of hydrogen-bond acceptors (Lipinski definition) is 3. The monoisotopic (exact) mass is 752 g/mol. The third-order valence-electron chi connectivity index (χ3n) is 11.2. The van der Waals surface area contributed by atoms with Gasteiger partial charge in [-0.2, -0.15) is 0 Å². The Kier molecular flexibility index (Phi) is 8.49. The molecule has 0 amide bonds.